The summed E-state index contributed by atoms with van der Waals surface area (Å²) in [7, 11) is 0. The number of allylic oxidation sites excluding steroid dienone is 1. The molecule has 0 aliphatic carbocycles. The number of morpholine rings is 1. The van der Waals surface area contributed by atoms with E-state index in [4.69, 9.17) is 16.2 Å². The van der Waals surface area contributed by atoms with Gasteiger partial charge in [-0.15, -0.1) is 0 Å². The third-order valence-electron chi connectivity index (χ3n) is 12.2. The molecule has 6 heterocycles. The molecule has 5 atom stereocenters. The summed E-state index contributed by atoms with van der Waals surface area (Å²) >= 11 is 0. The van der Waals surface area contributed by atoms with Crippen LogP contribution in [-0.4, -0.2) is 149 Å². The van der Waals surface area contributed by atoms with Gasteiger partial charge in [-0.2, -0.15) is 0 Å². The molecule has 8 rings (SSSR count). The number of fused-ring (bicyclic) bond motifs is 2. The normalized spacial score (nSPS) is 27.1. The van der Waals surface area contributed by atoms with Gasteiger partial charge in [-0.3, -0.25) is 24.6 Å². The maximum Gasteiger partial charge on any atom is 0.320 e. The van der Waals surface area contributed by atoms with Crippen molar-refractivity contribution in [1.29, 1.82) is 0 Å². The van der Waals surface area contributed by atoms with Crippen LogP contribution in [0.4, 0.5) is 19.3 Å². The molecule has 2 aromatic rings. The Bertz CT molecular complexity index is 2070. The van der Waals surface area contributed by atoms with Crippen LogP contribution in [0.5, 0.6) is 5.75 Å². The number of benzene rings is 2. The molecule has 6 aliphatic rings. The van der Waals surface area contributed by atoms with E-state index in [1.165, 1.54) is 6.08 Å². The van der Waals surface area contributed by atoms with Crippen LogP contribution in [0.3, 0.4) is 0 Å². The molecule has 4 saturated heterocycles. The van der Waals surface area contributed by atoms with Crippen LogP contribution in [0, 0.1) is 11.6 Å². The number of piperazine rings is 2. The van der Waals surface area contributed by atoms with Gasteiger partial charge in [0.2, 0.25) is 11.8 Å². The fourth-order valence-electron chi connectivity index (χ4n) is 9.40. The van der Waals surface area contributed by atoms with E-state index in [9.17, 15) is 33.1 Å². The summed E-state index contributed by atoms with van der Waals surface area (Å²) in [6, 6.07) is 6.39. The number of nitrogens with zero attached hydrogens (tertiary/aromatic N) is 6. The molecule has 4 fully saturated rings. The summed E-state index contributed by atoms with van der Waals surface area (Å²) < 4.78 is 34.3. The lowest BCUT2D eigenvalue weighted by Crippen LogP contribution is -2.66. The number of hydrogen-bond donors (Lipinski definition) is 5. The van der Waals surface area contributed by atoms with Crippen molar-refractivity contribution in [1.82, 2.24) is 35.1 Å². The minimum Gasteiger partial charge on any atom is -0.504 e. The highest BCUT2D eigenvalue weighted by molar-refractivity contribution is 6.05. The zero-order valence-corrected chi connectivity index (χ0v) is 32.6. The molecular weight excluding hydrogens is 754 g/mol. The maximum atomic E-state index is 14.1. The first kappa shape index (κ1) is 39.2. The lowest BCUT2D eigenvalue weighted by molar-refractivity contribution is -0.136. The first-order chi connectivity index (χ1) is 27.7. The van der Waals surface area contributed by atoms with Crippen molar-refractivity contribution in [3.05, 3.63) is 76.3 Å². The molecule has 16 nitrogen and oxygen atoms in total. The molecule has 310 valence electrons. The highest BCUT2D eigenvalue weighted by atomic mass is 19.1. The number of carbonyl (C=O) groups excluding carboxylic acids is 4. The minimum atomic E-state index is -1.12. The highest BCUT2D eigenvalue weighted by Gasteiger charge is 2.42. The first-order valence-corrected chi connectivity index (χ1v) is 19.8. The smallest absolute Gasteiger partial charge is 0.320 e. The molecular formula is C40H50F2N10O6. The van der Waals surface area contributed by atoms with Gasteiger partial charge in [0, 0.05) is 113 Å². The Kier molecular flexibility index (Phi) is 10.6. The van der Waals surface area contributed by atoms with Gasteiger partial charge in [0.05, 0.1) is 24.4 Å². The quantitative estimate of drug-likeness (QED) is 0.259. The second-order valence-electron chi connectivity index (χ2n) is 16.1. The second kappa shape index (κ2) is 15.6. The summed E-state index contributed by atoms with van der Waals surface area (Å²) in [5, 5.41) is 15.7. The third kappa shape index (κ3) is 7.45. The van der Waals surface area contributed by atoms with Gasteiger partial charge in [-0.05, 0) is 56.2 Å². The van der Waals surface area contributed by atoms with Gasteiger partial charge in [0.15, 0.2) is 11.6 Å². The predicted octanol–water partition coefficient (Wildman–Crippen LogP) is 0.868. The lowest BCUT2D eigenvalue weighted by atomic mass is 10.0. The number of halogens is 2. The molecule has 6 aliphatic heterocycles. The Labute approximate surface area is 335 Å². The molecule has 2 aromatic carbocycles. The van der Waals surface area contributed by atoms with Crippen molar-refractivity contribution in [2.24, 2.45) is 11.5 Å². The van der Waals surface area contributed by atoms with E-state index in [-0.39, 0.29) is 59.8 Å². The summed E-state index contributed by atoms with van der Waals surface area (Å²) in [5.74, 6) is -3.34. The number of anilines is 1. The number of nitrogens with one attached hydrogen (secondary N) is 2. The van der Waals surface area contributed by atoms with Crippen LogP contribution >= 0.6 is 0 Å². The number of rotatable bonds is 6. The maximum absolute atomic E-state index is 14.1. The van der Waals surface area contributed by atoms with E-state index >= 15 is 0 Å². The summed E-state index contributed by atoms with van der Waals surface area (Å²) in [5.41, 5.74) is 15.3. The van der Waals surface area contributed by atoms with E-state index in [1.54, 1.807) is 4.90 Å². The molecule has 0 spiro atoms. The van der Waals surface area contributed by atoms with E-state index in [0.717, 1.165) is 17.3 Å². The number of urea groups is 1. The fourth-order valence-corrected chi connectivity index (χ4v) is 9.40. The number of piperidine rings is 1. The molecule has 0 radical (unpaired) electrons. The summed E-state index contributed by atoms with van der Waals surface area (Å²) in [6.07, 6.45) is 1.95. The zero-order valence-electron chi connectivity index (χ0n) is 32.6. The van der Waals surface area contributed by atoms with Crippen molar-refractivity contribution in [3.63, 3.8) is 0 Å². The minimum absolute atomic E-state index is 0.0371. The van der Waals surface area contributed by atoms with Gasteiger partial charge < -0.3 is 51.1 Å². The molecule has 18 heteroatoms. The molecule has 1 unspecified atom stereocenters. The largest absolute Gasteiger partial charge is 0.504 e. The number of aromatic hydroxyl groups is 1. The van der Waals surface area contributed by atoms with Crippen molar-refractivity contribution < 1.29 is 37.8 Å². The molecule has 0 saturated carbocycles. The van der Waals surface area contributed by atoms with Gasteiger partial charge in [0.1, 0.15) is 17.7 Å². The average molecular weight is 805 g/mol. The number of phenols is 1. The number of carbonyl (C=O) groups is 4. The number of hydrogen-bond acceptors (Lipinski definition) is 12. The van der Waals surface area contributed by atoms with Crippen LogP contribution < -0.4 is 27.0 Å². The number of amides is 5. The molecule has 5 amide bonds. The highest BCUT2D eigenvalue weighted by Crippen LogP contribution is 2.33. The zero-order chi connectivity index (χ0) is 41.0. The Morgan fingerprint density at radius 1 is 1.02 bits per heavy atom. The van der Waals surface area contributed by atoms with Crippen LogP contribution in [-0.2, 0) is 20.9 Å². The average Bonchev–Trinajstić information content (AvgIpc) is 3.51. The van der Waals surface area contributed by atoms with Crippen LogP contribution in [0.1, 0.15) is 48.2 Å². The Morgan fingerprint density at radius 2 is 1.79 bits per heavy atom. The molecule has 0 bridgehead atoms. The van der Waals surface area contributed by atoms with E-state index in [1.807, 2.05) is 32.9 Å². The van der Waals surface area contributed by atoms with Crippen molar-refractivity contribution in [2.75, 3.05) is 70.4 Å². The van der Waals surface area contributed by atoms with Crippen LogP contribution in [0.2, 0.25) is 0 Å². The molecule has 7 N–H and O–H groups in total. The van der Waals surface area contributed by atoms with Crippen LogP contribution in [0.25, 0.3) is 5.70 Å². The summed E-state index contributed by atoms with van der Waals surface area (Å²) in [6.45, 7) is 10.2. The Morgan fingerprint density at radius 3 is 2.55 bits per heavy atom. The van der Waals surface area contributed by atoms with Gasteiger partial charge in [-0.1, -0.05) is 0 Å². The first-order valence-electron chi connectivity index (χ1n) is 19.8. The van der Waals surface area contributed by atoms with Crippen LogP contribution in [0.15, 0.2) is 47.9 Å². The standard InChI is InChI=1S/C40H50F2N10O6/c1-22-16-47(20-28-21-48(9-10-58-28)26-3-4-29-24(11-26)18-51(39(29)56)33-5-6-35(53)46-38(33)55)17-23(2)52(22)40(57)49-7-8-50-27(19-49)15-45-37(44)34(50)14-32(43)30-12-25(41)13-31(42)36(30)54/h3-4,11-14,22-23,27-28,33,45,54H,5-10,15-21,43-44H2,1-2H3,(H,46,53,55)/b32-14-/t22-,23+,27-,28-,33?/m0/s1. The van der Waals surface area contributed by atoms with Crippen molar-refractivity contribution in [2.45, 2.75) is 63.5 Å². The number of nitrogens with two attached hydrogens (primary N) is 2. The number of phenolic OH excluding ortho intramolecular Hbond substituents is 1. The summed E-state index contributed by atoms with van der Waals surface area (Å²) in [4.78, 5) is 63.6. The van der Waals surface area contributed by atoms with E-state index in [2.05, 4.69) is 34.3 Å². The SMILES string of the molecule is C[C@@H]1CN(C[C@H]2CN(c3ccc4c(c3)CN(C3CCC(=O)NC3=O)C4=O)CCO2)C[C@H](C)N1C(=O)N1CCN2C(/C=C(\N)c3cc(F)cc(F)c3O)=C(N)NC[C@H]2C1. The van der Waals surface area contributed by atoms with Gasteiger partial charge >= 0.3 is 6.03 Å². The van der Waals surface area contributed by atoms with E-state index in [0.29, 0.717) is 102 Å². The Hall–Kier alpha value is -5.62. The molecule has 0 aromatic heterocycles. The second-order valence-corrected chi connectivity index (χ2v) is 16.1. The van der Waals surface area contributed by atoms with E-state index < -0.39 is 29.3 Å². The van der Waals surface area contributed by atoms with Gasteiger partial charge in [0.25, 0.3) is 5.91 Å². The number of imide groups is 1. The fraction of sp³-hybridized carbons (Fsp3) is 0.500. The lowest BCUT2D eigenvalue weighted by Gasteiger charge is -2.50. The molecule has 58 heavy (non-hydrogen) atoms. The Balaban J connectivity index is 0.859. The van der Waals surface area contributed by atoms with Crippen molar-refractivity contribution >= 4 is 35.1 Å². The topological polar surface area (TPSA) is 193 Å². The van der Waals surface area contributed by atoms with Crippen molar-refractivity contribution in [3.8, 4) is 5.75 Å². The van der Waals surface area contributed by atoms with Gasteiger partial charge in [-0.25, -0.2) is 13.6 Å². The predicted molar refractivity (Wildman–Crippen MR) is 209 cm³/mol. The number of ether oxygens (including phenoxy) is 1. The third-order valence-corrected chi connectivity index (χ3v) is 12.2. The monoisotopic (exact) mass is 804 g/mol.